The highest BCUT2D eigenvalue weighted by Crippen LogP contribution is 2.23. The molecule has 0 bridgehead atoms. The minimum Gasteiger partial charge on any atom is -0.340 e. The van der Waals surface area contributed by atoms with Crippen LogP contribution in [0.25, 0.3) is 27.8 Å². The number of carbonyl (C=O) groups excluding carboxylic acids is 1. The van der Waals surface area contributed by atoms with Crippen molar-refractivity contribution in [1.82, 2.24) is 19.3 Å². The third kappa shape index (κ3) is 3.56. The van der Waals surface area contributed by atoms with Gasteiger partial charge in [-0.3, -0.25) is 9.78 Å². The van der Waals surface area contributed by atoms with Crippen molar-refractivity contribution >= 4 is 22.5 Å². The van der Waals surface area contributed by atoms with Gasteiger partial charge in [0.25, 0.3) is 5.91 Å². The van der Waals surface area contributed by atoms with Gasteiger partial charge in [-0.15, -0.1) is 0 Å². The van der Waals surface area contributed by atoms with Crippen LogP contribution in [-0.4, -0.2) is 25.2 Å². The number of hydrogen-bond donors (Lipinski definition) is 1. The van der Waals surface area contributed by atoms with Crippen LogP contribution in [0.5, 0.6) is 0 Å². The summed E-state index contributed by atoms with van der Waals surface area (Å²) in [6.07, 6.45) is 4.43. The summed E-state index contributed by atoms with van der Waals surface area (Å²) in [6, 6.07) is 23.6. The number of nitrogens with one attached hydrogen (secondary N) is 1. The lowest BCUT2D eigenvalue weighted by molar-refractivity contribution is 0.101. The molecule has 1 N–H and O–H groups in total. The van der Waals surface area contributed by atoms with Crippen LogP contribution in [0.2, 0.25) is 0 Å². The molecule has 6 nitrogen and oxygen atoms in total. The van der Waals surface area contributed by atoms with Crippen molar-refractivity contribution in [2.24, 2.45) is 7.05 Å². The van der Waals surface area contributed by atoms with E-state index in [-0.39, 0.29) is 5.91 Å². The van der Waals surface area contributed by atoms with Crippen LogP contribution >= 0.6 is 0 Å². The van der Waals surface area contributed by atoms with E-state index in [4.69, 9.17) is 5.10 Å². The molecule has 0 radical (unpaired) electrons. The highest BCUT2D eigenvalue weighted by molar-refractivity contribution is 6.06. The first-order chi connectivity index (χ1) is 15.6. The molecule has 5 aromatic rings. The van der Waals surface area contributed by atoms with Gasteiger partial charge in [0.05, 0.1) is 11.4 Å². The Labute approximate surface area is 186 Å². The average molecular weight is 422 g/mol. The number of aromatic nitrogens is 4. The number of rotatable bonds is 5. The molecule has 0 aliphatic carbocycles. The normalized spacial score (nSPS) is 11.1. The predicted molar refractivity (Wildman–Crippen MR) is 127 cm³/mol. The van der Waals surface area contributed by atoms with Crippen molar-refractivity contribution < 1.29 is 4.79 Å². The Morgan fingerprint density at radius 1 is 1.00 bits per heavy atom. The topological polar surface area (TPSA) is 64.7 Å². The van der Waals surface area contributed by atoms with E-state index in [1.807, 2.05) is 89.2 Å². The molecule has 0 saturated carbocycles. The zero-order valence-electron chi connectivity index (χ0n) is 18.0. The monoisotopic (exact) mass is 421 g/mol. The summed E-state index contributed by atoms with van der Waals surface area (Å²) in [7, 11) is 1.91. The summed E-state index contributed by atoms with van der Waals surface area (Å²) in [5, 5.41) is 8.83. The van der Waals surface area contributed by atoms with Gasteiger partial charge >= 0.3 is 0 Å². The molecule has 1 amide bonds. The summed E-state index contributed by atoms with van der Waals surface area (Å²) < 4.78 is 3.86. The Morgan fingerprint density at radius 2 is 1.81 bits per heavy atom. The van der Waals surface area contributed by atoms with Crippen LogP contribution in [0.1, 0.15) is 23.1 Å². The van der Waals surface area contributed by atoms with Crippen molar-refractivity contribution in [3.05, 3.63) is 96.6 Å². The number of aryl methyl sites for hydroxylation is 2. The number of anilines is 1. The van der Waals surface area contributed by atoms with Crippen molar-refractivity contribution in [1.29, 1.82) is 0 Å². The average Bonchev–Trinajstić information content (AvgIpc) is 3.42. The van der Waals surface area contributed by atoms with E-state index in [2.05, 4.69) is 23.3 Å². The van der Waals surface area contributed by atoms with Crippen LogP contribution in [0, 0.1) is 0 Å². The lowest BCUT2D eigenvalue weighted by atomic mass is 10.2. The van der Waals surface area contributed by atoms with Crippen molar-refractivity contribution in [3.63, 3.8) is 0 Å². The van der Waals surface area contributed by atoms with Crippen LogP contribution in [0.3, 0.4) is 0 Å². The standard InChI is InChI=1S/C26H23N5O/c1-3-21-16-23(19-8-6-14-27-17-19)29-31(21)22-12-10-20(11-13-22)28-26(32)25-15-18-7-4-5-9-24(18)30(25)2/h4-17H,3H2,1-2H3,(H,28,32). The molecule has 0 atom stereocenters. The fraction of sp³-hybridized carbons (Fsp3) is 0.115. The van der Waals surface area contributed by atoms with Crippen LogP contribution in [0.15, 0.2) is 85.2 Å². The SMILES string of the molecule is CCc1cc(-c2cccnc2)nn1-c1ccc(NC(=O)c2cc3ccccc3n2C)cc1. The second-order valence-corrected chi connectivity index (χ2v) is 7.68. The molecule has 3 aromatic heterocycles. The van der Waals surface area contributed by atoms with E-state index in [9.17, 15) is 4.79 Å². The fourth-order valence-electron chi connectivity index (χ4n) is 3.94. The lowest BCUT2D eigenvalue weighted by Crippen LogP contribution is -2.15. The summed E-state index contributed by atoms with van der Waals surface area (Å²) in [5.41, 5.74) is 6.32. The first kappa shape index (κ1) is 19.8. The van der Waals surface area contributed by atoms with Crippen LogP contribution in [-0.2, 0) is 13.5 Å². The highest BCUT2D eigenvalue weighted by Gasteiger charge is 2.14. The number of nitrogens with zero attached hydrogens (tertiary/aromatic N) is 4. The van der Waals surface area contributed by atoms with E-state index in [0.29, 0.717) is 5.69 Å². The number of carbonyl (C=O) groups is 1. The third-order valence-electron chi connectivity index (χ3n) is 5.66. The molecular weight excluding hydrogens is 398 g/mol. The zero-order chi connectivity index (χ0) is 22.1. The number of pyridine rings is 1. The number of benzene rings is 2. The Kier molecular flexibility index (Phi) is 5.03. The molecular formula is C26H23N5O. The van der Waals surface area contributed by atoms with Gasteiger partial charge in [-0.05, 0) is 61.0 Å². The summed E-state index contributed by atoms with van der Waals surface area (Å²) in [6.45, 7) is 2.11. The summed E-state index contributed by atoms with van der Waals surface area (Å²) in [4.78, 5) is 17.1. The number of hydrogen-bond acceptors (Lipinski definition) is 3. The summed E-state index contributed by atoms with van der Waals surface area (Å²) in [5.74, 6) is -0.136. The zero-order valence-corrected chi connectivity index (χ0v) is 18.0. The second kappa shape index (κ2) is 8.15. The molecule has 0 spiro atoms. The number of fused-ring (bicyclic) bond motifs is 1. The molecule has 32 heavy (non-hydrogen) atoms. The predicted octanol–water partition coefficient (Wildman–Crippen LogP) is 5.24. The molecule has 0 aliphatic heterocycles. The van der Waals surface area contributed by atoms with Gasteiger partial charge in [-0.25, -0.2) is 4.68 Å². The lowest BCUT2D eigenvalue weighted by Gasteiger charge is -2.09. The second-order valence-electron chi connectivity index (χ2n) is 7.68. The van der Waals surface area contributed by atoms with Crippen LogP contribution < -0.4 is 5.32 Å². The van der Waals surface area contributed by atoms with E-state index < -0.39 is 0 Å². The van der Waals surface area contributed by atoms with E-state index in [1.165, 1.54) is 0 Å². The Hall–Kier alpha value is -4.19. The maximum atomic E-state index is 12.9. The molecule has 0 saturated heterocycles. The van der Waals surface area contributed by atoms with E-state index in [1.54, 1.807) is 6.20 Å². The van der Waals surface area contributed by atoms with E-state index >= 15 is 0 Å². The maximum absolute atomic E-state index is 12.9. The smallest absolute Gasteiger partial charge is 0.272 e. The number of para-hydroxylation sites is 1. The van der Waals surface area contributed by atoms with Gasteiger partial charge in [-0.1, -0.05) is 25.1 Å². The molecule has 2 aromatic carbocycles. The molecule has 0 aliphatic rings. The molecule has 0 unspecified atom stereocenters. The molecule has 5 rings (SSSR count). The van der Waals surface area contributed by atoms with Gasteiger partial charge in [-0.2, -0.15) is 5.10 Å². The minimum absolute atomic E-state index is 0.136. The first-order valence-electron chi connectivity index (χ1n) is 10.6. The molecule has 6 heteroatoms. The van der Waals surface area contributed by atoms with Gasteiger partial charge in [0, 0.05) is 47.3 Å². The number of amides is 1. The van der Waals surface area contributed by atoms with Gasteiger partial charge < -0.3 is 9.88 Å². The van der Waals surface area contributed by atoms with Gasteiger partial charge in [0.15, 0.2) is 0 Å². The maximum Gasteiger partial charge on any atom is 0.272 e. The Morgan fingerprint density at radius 3 is 2.53 bits per heavy atom. The van der Waals surface area contributed by atoms with Crippen molar-refractivity contribution in [2.75, 3.05) is 5.32 Å². The molecule has 3 heterocycles. The largest absolute Gasteiger partial charge is 0.340 e. The fourth-order valence-corrected chi connectivity index (χ4v) is 3.94. The Balaban J connectivity index is 1.39. The van der Waals surface area contributed by atoms with Crippen molar-refractivity contribution in [3.8, 4) is 16.9 Å². The Bertz CT molecular complexity index is 1400. The van der Waals surface area contributed by atoms with Gasteiger partial charge in [0.1, 0.15) is 5.69 Å². The quantitative estimate of drug-likeness (QED) is 0.422. The summed E-state index contributed by atoms with van der Waals surface area (Å²) >= 11 is 0. The van der Waals surface area contributed by atoms with Crippen LogP contribution in [0.4, 0.5) is 5.69 Å². The third-order valence-corrected chi connectivity index (χ3v) is 5.66. The van der Waals surface area contributed by atoms with Crippen molar-refractivity contribution in [2.45, 2.75) is 13.3 Å². The highest BCUT2D eigenvalue weighted by atomic mass is 16.1. The molecule has 158 valence electrons. The minimum atomic E-state index is -0.136. The van der Waals surface area contributed by atoms with E-state index in [0.717, 1.165) is 45.6 Å². The molecule has 0 fully saturated rings. The first-order valence-corrected chi connectivity index (χ1v) is 10.6. The van der Waals surface area contributed by atoms with Gasteiger partial charge in [0.2, 0.25) is 0 Å².